The number of benzene rings is 1. The molecule has 21 heavy (non-hydrogen) atoms. The van der Waals surface area contributed by atoms with Crippen LogP contribution in [0.2, 0.25) is 5.02 Å². The minimum atomic E-state index is -0.827. The van der Waals surface area contributed by atoms with Crippen LogP contribution < -0.4 is 0 Å². The number of aliphatic carboxylic acids is 1. The molecule has 0 bridgehead atoms. The Morgan fingerprint density at radius 1 is 1.43 bits per heavy atom. The molecule has 1 N–H and O–H groups in total. The van der Waals surface area contributed by atoms with Crippen LogP contribution in [0.1, 0.15) is 12.0 Å². The molecular weight excluding hydrogens is 308 g/mol. The third kappa shape index (κ3) is 2.54. The van der Waals surface area contributed by atoms with Crippen LogP contribution in [0.15, 0.2) is 29.6 Å². The molecule has 4 nitrogen and oxygen atoms in total. The number of carboxylic acid groups (broad SMARTS) is 1. The summed E-state index contributed by atoms with van der Waals surface area (Å²) in [6.45, 7) is 2.32. The first-order valence-corrected chi connectivity index (χ1v) is 7.74. The molecule has 0 amide bonds. The SMILES string of the molecule is Cc1csc(-c2nc3ccccc3n2CCC(=O)O)c1Cl. The highest BCUT2D eigenvalue weighted by molar-refractivity contribution is 7.14. The first kappa shape index (κ1) is 14.1. The number of rotatable bonds is 4. The van der Waals surface area contributed by atoms with Crippen molar-refractivity contribution in [1.29, 1.82) is 0 Å². The van der Waals surface area contributed by atoms with Gasteiger partial charge in [0.25, 0.3) is 0 Å². The first-order valence-electron chi connectivity index (χ1n) is 6.49. The van der Waals surface area contributed by atoms with Crippen LogP contribution in [0.4, 0.5) is 0 Å². The van der Waals surface area contributed by atoms with Crippen molar-refractivity contribution >= 4 is 39.9 Å². The third-order valence-electron chi connectivity index (χ3n) is 3.31. The van der Waals surface area contributed by atoms with Crippen LogP contribution in [0, 0.1) is 6.92 Å². The molecule has 1 aromatic carbocycles. The van der Waals surface area contributed by atoms with Gasteiger partial charge in [0, 0.05) is 6.54 Å². The number of carboxylic acids is 1. The van der Waals surface area contributed by atoms with Crippen LogP contribution in [0.3, 0.4) is 0 Å². The number of thiophene rings is 1. The zero-order valence-electron chi connectivity index (χ0n) is 11.3. The van der Waals surface area contributed by atoms with E-state index in [1.807, 2.05) is 41.1 Å². The number of carbonyl (C=O) groups is 1. The average molecular weight is 321 g/mol. The summed E-state index contributed by atoms with van der Waals surface area (Å²) < 4.78 is 1.93. The second-order valence-electron chi connectivity index (χ2n) is 4.78. The zero-order chi connectivity index (χ0) is 15.0. The molecule has 3 rings (SSSR count). The van der Waals surface area contributed by atoms with E-state index in [1.165, 1.54) is 11.3 Å². The molecule has 108 valence electrons. The maximum Gasteiger partial charge on any atom is 0.305 e. The van der Waals surface area contributed by atoms with Gasteiger partial charge in [-0.25, -0.2) is 4.98 Å². The van der Waals surface area contributed by atoms with Crippen LogP contribution in [-0.4, -0.2) is 20.6 Å². The van der Waals surface area contributed by atoms with Crippen molar-refractivity contribution < 1.29 is 9.90 Å². The highest BCUT2D eigenvalue weighted by Gasteiger charge is 2.18. The second-order valence-corrected chi connectivity index (χ2v) is 6.04. The number of para-hydroxylation sites is 2. The lowest BCUT2D eigenvalue weighted by molar-refractivity contribution is -0.137. The lowest BCUT2D eigenvalue weighted by Gasteiger charge is -2.07. The van der Waals surface area contributed by atoms with Crippen molar-refractivity contribution in [3.8, 4) is 10.7 Å². The number of nitrogens with zero attached hydrogens (tertiary/aromatic N) is 2. The number of imidazole rings is 1. The molecular formula is C15H13ClN2O2S. The van der Waals surface area contributed by atoms with Crippen molar-refractivity contribution in [2.24, 2.45) is 0 Å². The Hall–Kier alpha value is -1.85. The van der Waals surface area contributed by atoms with E-state index in [1.54, 1.807) is 0 Å². The number of aromatic nitrogens is 2. The standard InChI is InChI=1S/C15H13ClN2O2S/c1-9-8-21-14(13(9)16)15-17-10-4-2-3-5-11(10)18(15)7-6-12(19)20/h2-5,8H,6-7H2,1H3,(H,19,20). The van der Waals surface area contributed by atoms with Gasteiger partial charge in [-0.15, -0.1) is 11.3 Å². The molecule has 0 atom stereocenters. The molecule has 0 unspecified atom stereocenters. The largest absolute Gasteiger partial charge is 0.481 e. The van der Waals surface area contributed by atoms with Crippen molar-refractivity contribution in [3.05, 3.63) is 40.2 Å². The van der Waals surface area contributed by atoms with Crippen LogP contribution in [0.5, 0.6) is 0 Å². The number of halogens is 1. The van der Waals surface area contributed by atoms with Crippen LogP contribution in [0.25, 0.3) is 21.7 Å². The highest BCUT2D eigenvalue weighted by atomic mass is 35.5. The first-order chi connectivity index (χ1) is 10.1. The molecule has 0 aliphatic carbocycles. The number of aryl methyl sites for hydroxylation is 2. The molecule has 0 aliphatic heterocycles. The minimum absolute atomic E-state index is 0.0509. The Balaban J connectivity index is 2.18. The Labute approximate surface area is 130 Å². The summed E-state index contributed by atoms with van der Waals surface area (Å²) >= 11 is 7.88. The molecule has 2 aromatic heterocycles. The predicted octanol–water partition coefficient (Wildman–Crippen LogP) is 4.20. The van der Waals surface area contributed by atoms with Crippen molar-refractivity contribution in [2.75, 3.05) is 0 Å². The lowest BCUT2D eigenvalue weighted by atomic mass is 10.3. The average Bonchev–Trinajstić information content (AvgIpc) is 2.98. The smallest absolute Gasteiger partial charge is 0.305 e. The quantitative estimate of drug-likeness (QED) is 0.783. The Kier molecular flexibility index (Phi) is 3.69. The molecule has 6 heteroatoms. The van der Waals surface area contributed by atoms with E-state index in [0.29, 0.717) is 11.6 Å². The fraction of sp³-hybridized carbons (Fsp3) is 0.200. The Bertz CT molecular complexity index is 822. The van der Waals surface area contributed by atoms with Gasteiger partial charge in [0.2, 0.25) is 0 Å². The highest BCUT2D eigenvalue weighted by Crippen LogP contribution is 2.37. The van der Waals surface area contributed by atoms with Crippen molar-refractivity contribution in [3.63, 3.8) is 0 Å². The van der Waals surface area contributed by atoms with Gasteiger partial charge in [-0.3, -0.25) is 4.79 Å². The number of hydrogen-bond donors (Lipinski definition) is 1. The fourth-order valence-corrected chi connectivity index (χ4v) is 3.54. The summed E-state index contributed by atoms with van der Waals surface area (Å²) in [5.74, 6) is -0.0901. The molecule has 3 aromatic rings. The van der Waals surface area contributed by atoms with E-state index in [2.05, 4.69) is 4.98 Å². The predicted molar refractivity (Wildman–Crippen MR) is 85.0 cm³/mol. The molecule has 2 heterocycles. The maximum atomic E-state index is 10.9. The molecule has 0 saturated heterocycles. The summed E-state index contributed by atoms with van der Waals surface area (Å²) in [5.41, 5.74) is 2.78. The molecule has 0 radical (unpaired) electrons. The lowest BCUT2D eigenvalue weighted by Crippen LogP contribution is -2.05. The summed E-state index contributed by atoms with van der Waals surface area (Å²) in [6, 6.07) is 7.71. The maximum absolute atomic E-state index is 10.9. The van der Waals surface area contributed by atoms with Gasteiger partial charge in [0.1, 0.15) is 0 Å². The van der Waals surface area contributed by atoms with Crippen molar-refractivity contribution in [1.82, 2.24) is 9.55 Å². The summed E-state index contributed by atoms with van der Waals surface area (Å²) in [6.07, 6.45) is 0.0509. The molecule has 0 saturated carbocycles. The van der Waals surface area contributed by atoms with Gasteiger partial charge in [-0.05, 0) is 30.0 Å². The van der Waals surface area contributed by atoms with Gasteiger partial charge >= 0.3 is 5.97 Å². The fourth-order valence-electron chi connectivity index (χ4n) is 2.26. The zero-order valence-corrected chi connectivity index (χ0v) is 12.9. The molecule has 0 spiro atoms. The van der Waals surface area contributed by atoms with E-state index >= 15 is 0 Å². The second kappa shape index (κ2) is 5.50. The summed E-state index contributed by atoms with van der Waals surface area (Å²) in [5, 5.41) is 11.6. The minimum Gasteiger partial charge on any atom is -0.481 e. The summed E-state index contributed by atoms with van der Waals surface area (Å²) in [4.78, 5) is 16.4. The number of hydrogen-bond acceptors (Lipinski definition) is 3. The Morgan fingerprint density at radius 3 is 2.86 bits per heavy atom. The molecule has 0 aliphatic rings. The number of fused-ring (bicyclic) bond motifs is 1. The van der Waals surface area contributed by atoms with Crippen LogP contribution >= 0.6 is 22.9 Å². The normalized spacial score (nSPS) is 11.1. The van der Waals surface area contributed by atoms with Gasteiger partial charge in [-0.2, -0.15) is 0 Å². The Morgan fingerprint density at radius 2 is 2.19 bits per heavy atom. The summed E-state index contributed by atoms with van der Waals surface area (Å²) in [7, 11) is 0. The van der Waals surface area contributed by atoms with Gasteiger partial charge in [0.05, 0.1) is 27.4 Å². The van der Waals surface area contributed by atoms with Gasteiger partial charge in [-0.1, -0.05) is 23.7 Å². The van der Waals surface area contributed by atoms with E-state index < -0.39 is 5.97 Å². The third-order valence-corrected chi connectivity index (χ3v) is 5.00. The monoisotopic (exact) mass is 320 g/mol. The van der Waals surface area contributed by atoms with Crippen molar-refractivity contribution in [2.45, 2.75) is 19.9 Å². The van der Waals surface area contributed by atoms with E-state index in [4.69, 9.17) is 16.7 Å². The van der Waals surface area contributed by atoms with Crippen LogP contribution in [-0.2, 0) is 11.3 Å². The van der Waals surface area contributed by atoms with E-state index in [-0.39, 0.29) is 6.42 Å². The van der Waals surface area contributed by atoms with E-state index in [9.17, 15) is 4.79 Å². The van der Waals surface area contributed by atoms with E-state index in [0.717, 1.165) is 27.3 Å². The van der Waals surface area contributed by atoms with Gasteiger partial charge < -0.3 is 9.67 Å². The topological polar surface area (TPSA) is 55.1 Å². The molecule has 0 fully saturated rings. The van der Waals surface area contributed by atoms with Gasteiger partial charge in [0.15, 0.2) is 5.82 Å².